The number of sulfone groups is 1. The number of amides is 1. The molecule has 0 saturated heterocycles. The predicted molar refractivity (Wildman–Crippen MR) is 83.2 cm³/mol. The molecule has 2 N–H and O–H groups in total. The number of rotatable bonds is 5. The fourth-order valence-electron chi connectivity index (χ4n) is 2.51. The van der Waals surface area contributed by atoms with Gasteiger partial charge in [-0.3, -0.25) is 4.79 Å². The fraction of sp³-hybridized carbons (Fsp3) is 0.235. The first-order chi connectivity index (χ1) is 10.9. The molecule has 1 aliphatic carbocycles. The topological polar surface area (TPSA) is 77.2 Å². The van der Waals surface area contributed by atoms with Gasteiger partial charge < -0.3 is 5.73 Å². The monoisotopic (exact) mass is 333 g/mol. The highest BCUT2D eigenvalue weighted by Gasteiger charge is 2.25. The van der Waals surface area contributed by atoms with Crippen LogP contribution in [0.5, 0.6) is 0 Å². The van der Waals surface area contributed by atoms with E-state index in [1.807, 2.05) is 0 Å². The molecule has 0 aliphatic heterocycles. The van der Waals surface area contributed by atoms with Gasteiger partial charge in [0.05, 0.1) is 9.79 Å². The zero-order chi connectivity index (χ0) is 16.6. The van der Waals surface area contributed by atoms with Crippen molar-refractivity contribution in [3.63, 3.8) is 0 Å². The number of nitrogens with two attached hydrogens (primary N) is 1. The largest absolute Gasteiger partial charge is 0.366 e. The van der Waals surface area contributed by atoms with Gasteiger partial charge in [0.2, 0.25) is 15.7 Å². The number of primary amides is 1. The Kier molecular flexibility index (Phi) is 3.93. The summed E-state index contributed by atoms with van der Waals surface area (Å²) in [5.74, 6) is -0.606. The van der Waals surface area contributed by atoms with Gasteiger partial charge >= 0.3 is 0 Å². The standard InChI is InChI=1S/C17H16FNO3S/c18-13-4-7-14(8-5-13)23(21,22)15-6-3-12(9-11-1-2-11)16(10-15)17(19)20/h3-8,10-11H,1-2,9H2,(H2,19,20). The Labute approximate surface area is 134 Å². The van der Waals surface area contributed by atoms with Crippen LogP contribution in [-0.2, 0) is 16.3 Å². The van der Waals surface area contributed by atoms with Gasteiger partial charge in [-0.1, -0.05) is 6.07 Å². The molecule has 0 aromatic heterocycles. The molecule has 0 bridgehead atoms. The number of carbonyl (C=O) groups excluding carboxylic acids is 1. The van der Waals surface area contributed by atoms with Gasteiger partial charge in [0.1, 0.15) is 5.82 Å². The molecule has 1 aliphatic rings. The minimum absolute atomic E-state index is 0.0162. The van der Waals surface area contributed by atoms with E-state index in [2.05, 4.69) is 0 Å². The lowest BCUT2D eigenvalue weighted by Crippen LogP contribution is -2.15. The normalized spacial score (nSPS) is 14.7. The SMILES string of the molecule is NC(=O)c1cc(S(=O)(=O)c2ccc(F)cc2)ccc1CC1CC1. The molecule has 120 valence electrons. The molecule has 4 nitrogen and oxygen atoms in total. The molecule has 0 atom stereocenters. The Bertz CT molecular complexity index is 856. The maximum absolute atomic E-state index is 13.0. The first kappa shape index (κ1) is 15.7. The van der Waals surface area contributed by atoms with Crippen molar-refractivity contribution in [2.75, 3.05) is 0 Å². The summed E-state index contributed by atoms with van der Waals surface area (Å²) in [5.41, 5.74) is 6.41. The van der Waals surface area contributed by atoms with Crippen LogP contribution in [0.25, 0.3) is 0 Å². The van der Waals surface area contributed by atoms with E-state index in [4.69, 9.17) is 5.73 Å². The van der Waals surface area contributed by atoms with Gasteiger partial charge in [-0.25, -0.2) is 12.8 Å². The first-order valence-corrected chi connectivity index (χ1v) is 8.79. The van der Waals surface area contributed by atoms with Crippen LogP contribution >= 0.6 is 0 Å². The van der Waals surface area contributed by atoms with Crippen LogP contribution in [0, 0.1) is 11.7 Å². The Morgan fingerprint density at radius 3 is 2.26 bits per heavy atom. The zero-order valence-electron chi connectivity index (χ0n) is 12.3. The Morgan fingerprint density at radius 2 is 1.70 bits per heavy atom. The summed E-state index contributed by atoms with van der Waals surface area (Å²) >= 11 is 0. The average Bonchev–Trinajstić information content (AvgIpc) is 3.31. The summed E-state index contributed by atoms with van der Waals surface area (Å²) in [6, 6.07) is 9.02. The molecular formula is C17H16FNO3S. The number of hydrogen-bond donors (Lipinski definition) is 1. The number of carbonyl (C=O) groups is 1. The Hall–Kier alpha value is -2.21. The molecule has 0 unspecified atom stereocenters. The Morgan fingerprint density at radius 1 is 1.09 bits per heavy atom. The summed E-state index contributed by atoms with van der Waals surface area (Å²) in [6.07, 6.45) is 2.97. The summed E-state index contributed by atoms with van der Waals surface area (Å²) in [7, 11) is -3.82. The molecular weight excluding hydrogens is 317 g/mol. The highest BCUT2D eigenvalue weighted by molar-refractivity contribution is 7.91. The summed E-state index contributed by atoms with van der Waals surface area (Å²) in [6.45, 7) is 0. The molecule has 1 saturated carbocycles. The summed E-state index contributed by atoms with van der Waals surface area (Å²) < 4.78 is 38.2. The van der Waals surface area contributed by atoms with Gasteiger partial charge in [0.25, 0.3) is 0 Å². The van der Waals surface area contributed by atoms with Crippen molar-refractivity contribution in [1.82, 2.24) is 0 Å². The van der Waals surface area contributed by atoms with Crippen LogP contribution in [0.4, 0.5) is 4.39 Å². The number of benzene rings is 2. The van der Waals surface area contributed by atoms with Crippen LogP contribution in [0.2, 0.25) is 0 Å². The molecule has 1 amide bonds. The molecule has 2 aromatic carbocycles. The molecule has 1 fully saturated rings. The van der Waals surface area contributed by atoms with E-state index in [1.165, 1.54) is 24.3 Å². The third-order valence-corrected chi connectivity index (χ3v) is 5.75. The van der Waals surface area contributed by atoms with Crippen molar-refractivity contribution in [2.45, 2.75) is 29.1 Å². The van der Waals surface area contributed by atoms with Gasteiger partial charge in [-0.05, 0) is 67.1 Å². The van der Waals surface area contributed by atoms with E-state index in [0.717, 1.165) is 37.0 Å². The second-order valence-electron chi connectivity index (χ2n) is 5.79. The van der Waals surface area contributed by atoms with E-state index in [-0.39, 0.29) is 15.4 Å². The second kappa shape index (κ2) is 5.77. The van der Waals surface area contributed by atoms with Crippen LogP contribution in [0.15, 0.2) is 52.3 Å². The highest BCUT2D eigenvalue weighted by Crippen LogP contribution is 2.34. The molecule has 0 radical (unpaired) electrons. The first-order valence-electron chi connectivity index (χ1n) is 7.31. The van der Waals surface area contributed by atoms with Crippen molar-refractivity contribution in [1.29, 1.82) is 0 Å². The molecule has 6 heteroatoms. The summed E-state index contributed by atoms with van der Waals surface area (Å²) in [5, 5.41) is 0. The summed E-state index contributed by atoms with van der Waals surface area (Å²) in [4.78, 5) is 11.6. The van der Waals surface area contributed by atoms with E-state index in [9.17, 15) is 17.6 Å². The van der Waals surface area contributed by atoms with E-state index in [1.54, 1.807) is 6.07 Å². The third-order valence-electron chi connectivity index (χ3n) is 3.99. The quantitative estimate of drug-likeness (QED) is 0.855. The Balaban J connectivity index is 2.03. The number of halogens is 1. The van der Waals surface area contributed by atoms with Gasteiger partial charge in [0, 0.05) is 5.56 Å². The maximum Gasteiger partial charge on any atom is 0.249 e. The molecule has 2 aromatic rings. The molecule has 23 heavy (non-hydrogen) atoms. The lowest BCUT2D eigenvalue weighted by atomic mass is 10.0. The minimum Gasteiger partial charge on any atom is -0.366 e. The second-order valence-corrected chi connectivity index (χ2v) is 7.74. The van der Waals surface area contributed by atoms with Gasteiger partial charge in [-0.2, -0.15) is 0 Å². The third kappa shape index (κ3) is 3.27. The van der Waals surface area contributed by atoms with E-state index >= 15 is 0 Å². The smallest absolute Gasteiger partial charge is 0.249 e. The highest BCUT2D eigenvalue weighted by atomic mass is 32.2. The van der Waals surface area contributed by atoms with Crippen molar-refractivity contribution >= 4 is 15.7 Å². The lowest BCUT2D eigenvalue weighted by Gasteiger charge is -2.10. The fourth-order valence-corrected chi connectivity index (χ4v) is 3.80. The molecule has 0 spiro atoms. The van der Waals surface area contributed by atoms with Gasteiger partial charge in [0.15, 0.2) is 0 Å². The minimum atomic E-state index is -3.82. The zero-order valence-corrected chi connectivity index (χ0v) is 13.1. The predicted octanol–water partition coefficient (Wildman–Crippen LogP) is 2.71. The van der Waals surface area contributed by atoms with Crippen LogP contribution in [-0.4, -0.2) is 14.3 Å². The van der Waals surface area contributed by atoms with Crippen LogP contribution < -0.4 is 5.73 Å². The van der Waals surface area contributed by atoms with Crippen LogP contribution in [0.1, 0.15) is 28.8 Å². The van der Waals surface area contributed by atoms with Crippen molar-refractivity contribution in [3.05, 3.63) is 59.4 Å². The lowest BCUT2D eigenvalue weighted by molar-refractivity contribution is 0.0999. The molecule has 3 rings (SSSR count). The van der Waals surface area contributed by atoms with Crippen molar-refractivity contribution < 1.29 is 17.6 Å². The number of hydrogen-bond acceptors (Lipinski definition) is 3. The average molecular weight is 333 g/mol. The van der Waals surface area contributed by atoms with Crippen molar-refractivity contribution in [3.8, 4) is 0 Å². The maximum atomic E-state index is 13.0. The van der Waals surface area contributed by atoms with Crippen molar-refractivity contribution in [2.24, 2.45) is 11.7 Å². The van der Waals surface area contributed by atoms with Gasteiger partial charge in [-0.15, -0.1) is 0 Å². The van der Waals surface area contributed by atoms with E-state index in [0.29, 0.717) is 5.92 Å². The van der Waals surface area contributed by atoms with E-state index < -0.39 is 21.6 Å². The molecule has 0 heterocycles. The van der Waals surface area contributed by atoms with Crippen LogP contribution in [0.3, 0.4) is 0 Å².